The van der Waals surface area contributed by atoms with Crippen molar-refractivity contribution in [2.45, 2.75) is 12.5 Å². The van der Waals surface area contributed by atoms with Gasteiger partial charge in [0.1, 0.15) is 0 Å². The van der Waals surface area contributed by atoms with Gasteiger partial charge in [-0.2, -0.15) is 0 Å². The summed E-state index contributed by atoms with van der Waals surface area (Å²) in [6.07, 6.45) is 0.501. The number of nitrogens with two attached hydrogens (primary N) is 1. The first-order chi connectivity index (χ1) is 11.0. The minimum Gasteiger partial charge on any atom is -0.504 e. The van der Waals surface area contributed by atoms with Crippen LogP contribution >= 0.6 is 0 Å². The Morgan fingerprint density at radius 2 is 1.52 bits per heavy atom. The molecule has 0 saturated carbocycles. The van der Waals surface area contributed by atoms with Gasteiger partial charge in [0.05, 0.1) is 21.3 Å². The summed E-state index contributed by atoms with van der Waals surface area (Å²) >= 11 is 0. The summed E-state index contributed by atoms with van der Waals surface area (Å²) in [4.78, 5) is 0. The molecule has 1 unspecified atom stereocenters. The van der Waals surface area contributed by atoms with Gasteiger partial charge < -0.3 is 30.2 Å². The smallest absolute Gasteiger partial charge is 0.203 e. The van der Waals surface area contributed by atoms with E-state index in [1.54, 1.807) is 27.4 Å². The van der Waals surface area contributed by atoms with Gasteiger partial charge in [-0.1, -0.05) is 6.07 Å². The first kappa shape index (κ1) is 16.8. The highest BCUT2D eigenvalue weighted by atomic mass is 16.5. The number of ether oxygens (including phenoxy) is 3. The van der Waals surface area contributed by atoms with Gasteiger partial charge in [0.2, 0.25) is 5.75 Å². The summed E-state index contributed by atoms with van der Waals surface area (Å²) in [7, 11) is 4.66. The fourth-order valence-electron chi connectivity index (χ4n) is 2.40. The number of hydrogen-bond donors (Lipinski definition) is 3. The van der Waals surface area contributed by atoms with Crippen molar-refractivity contribution in [1.29, 1.82) is 0 Å². The van der Waals surface area contributed by atoms with Gasteiger partial charge >= 0.3 is 0 Å². The lowest BCUT2D eigenvalue weighted by molar-refractivity contribution is 0.323. The van der Waals surface area contributed by atoms with Gasteiger partial charge in [-0.3, -0.25) is 0 Å². The fourth-order valence-corrected chi connectivity index (χ4v) is 2.40. The third-order valence-electron chi connectivity index (χ3n) is 3.61. The van der Waals surface area contributed by atoms with Gasteiger partial charge in [-0.15, -0.1) is 0 Å². The molecule has 1 atom stereocenters. The van der Waals surface area contributed by atoms with Crippen LogP contribution in [0.1, 0.15) is 17.2 Å². The van der Waals surface area contributed by atoms with E-state index < -0.39 is 0 Å². The first-order valence-corrected chi connectivity index (χ1v) is 7.06. The second-order valence-corrected chi connectivity index (χ2v) is 5.09. The zero-order chi connectivity index (χ0) is 17.0. The Kier molecular flexibility index (Phi) is 5.18. The van der Waals surface area contributed by atoms with Crippen LogP contribution in [0.3, 0.4) is 0 Å². The Labute approximate surface area is 135 Å². The van der Waals surface area contributed by atoms with Crippen LogP contribution in [-0.2, 0) is 6.42 Å². The van der Waals surface area contributed by atoms with E-state index in [0.29, 0.717) is 29.2 Å². The van der Waals surface area contributed by atoms with Crippen molar-refractivity contribution in [3.05, 3.63) is 41.5 Å². The summed E-state index contributed by atoms with van der Waals surface area (Å²) < 4.78 is 15.9. The maximum absolute atomic E-state index is 9.59. The van der Waals surface area contributed by atoms with Crippen LogP contribution in [0.15, 0.2) is 30.3 Å². The molecule has 0 fully saturated rings. The lowest BCUT2D eigenvalue weighted by atomic mass is 9.98. The molecule has 0 saturated heterocycles. The highest BCUT2D eigenvalue weighted by Crippen LogP contribution is 2.39. The quantitative estimate of drug-likeness (QED) is 0.708. The predicted octanol–water partition coefficient (Wildman–Crippen LogP) is 2.37. The minimum absolute atomic E-state index is 0.172. The lowest BCUT2D eigenvalue weighted by Gasteiger charge is -2.17. The molecule has 6 nitrogen and oxygen atoms in total. The second-order valence-electron chi connectivity index (χ2n) is 5.09. The maximum atomic E-state index is 9.59. The molecule has 0 heterocycles. The van der Waals surface area contributed by atoms with Crippen LogP contribution in [0.4, 0.5) is 0 Å². The van der Waals surface area contributed by atoms with E-state index in [1.807, 2.05) is 12.1 Å². The number of hydrogen-bond acceptors (Lipinski definition) is 6. The molecule has 0 aromatic heterocycles. The molecule has 0 bridgehead atoms. The summed E-state index contributed by atoms with van der Waals surface area (Å²) in [6, 6.07) is 7.86. The van der Waals surface area contributed by atoms with Crippen LogP contribution in [0, 0.1) is 0 Å². The van der Waals surface area contributed by atoms with Gasteiger partial charge in [0.15, 0.2) is 23.0 Å². The average Bonchev–Trinajstić information content (AvgIpc) is 2.56. The lowest BCUT2D eigenvalue weighted by Crippen LogP contribution is -2.13. The van der Waals surface area contributed by atoms with Crippen LogP contribution in [0.5, 0.6) is 28.7 Å². The van der Waals surface area contributed by atoms with Crippen LogP contribution in [0.2, 0.25) is 0 Å². The zero-order valence-electron chi connectivity index (χ0n) is 13.4. The second kappa shape index (κ2) is 7.11. The number of rotatable bonds is 6. The van der Waals surface area contributed by atoms with Crippen molar-refractivity contribution in [3.63, 3.8) is 0 Å². The molecule has 0 amide bonds. The van der Waals surface area contributed by atoms with E-state index >= 15 is 0 Å². The summed E-state index contributed by atoms with van der Waals surface area (Å²) in [5.41, 5.74) is 7.81. The van der Waals surface area contributed by atoms with E-state index in [4.69, 9.17) is 19.9 Å². The molecule has 4 N–H and O–H groups in total. The van der Waals surface area contributed by atoms with Crippen molar-refractivity contribution in [2.75, 3.05) is 21.3 Å². The largest absolute Gasteiger partial charge is 0.504 e. The standard InChI is InChI=1S/C17H21NO5/c1-21-15-7-10(8-16(22-2)17(15)23-3)6-12(18)11-4-5-13(19)14(20)9-11/h4-5,7-9,12,19-20H,6,18H2,1-3H3. The highest BCUT2D eigenvalue weighted by molar-refractivity contribution is 5.54. The van der Waals surface area contributed by atoms with Crippen LogP contribution < -0.4 is 19.9 Å². The summed E-state index contributed by atoms with van der Waals surface area (Å²) in [5, 5.41) is 19.0. The molecule has 0 radical (unpaired) electrons. The Morgan fingerprint density at radius 1 is 0.913 bits per heavy atom. The minimum atomic E-state index is -0.357. The van der Waals surface area contributed by atoms with E-state index in [9.17, 15) is 10.2 Å². The zero-order valence-corrected chi connectivity index (χ0v) is 13.4. The van der Waals surface area contributed by atoms with Gasteiger partial charge in [-0.25, -0.2) is 0 Å². The molecule has 2 rings (SSSR count). The van der Waals surface area contributed by atoms with Crippen molar-refractivity contribution >= 4 is 0 Å². The van der Waals surface area contributed by atoms with E-state index in [0.717, 1.165) is 5.56 Å². The Morgan fingerprint density at radius 3 is 2.00 bits per heavy atom. The van der Waals surface area contributed by atoms with E-state index in [-0.39, 0.29) is 17.5 Å². The molecule has 0 aliphatic rings. The van der Waals surface area contributed by atoms with Gasteiger partial charge in [0, 0.05) is 6.04 Å². The number of aromatic hydroxyl groups is 2. The van der Waals surface area contributed by atoms with Crippen molar-refractivity contribution < 1.29 is 24.4 Å². The van der Waals surface area contributed by atoms with Crippen molar-refractivity contribution in [3.8, 4) is 28.7 Å². The topological polar surface area (TPSA) is 94.2 Å². The SMILES string of the molecule is COc1cc(CC(N)c2ccc(O)c(O)c2)cc(OC)c1OC. The van der Waals surface area contributed by atoms with Crippen LogP contribution in [0.25, 0.3) is 0 Å². The molecule has 0 aliphatic heterocycles. The molecule has 0 spiro atoms. The van der Waals surface area contributed by atoms with Crippen molar-refractivity contribution in [2.24, 2.45) is 5.73 Å². The molecule has 0 aliphatic carbocycles. The number of phenols is 2. The monoisotopic (exact) mass is 319 g/mol. The number of phenolic OH excluding ortho intramolecular Hbond substituents is 2. The van der Waals surface area contributed by atoms with Crippen LogP contribution in [-0.4, -0.2) is 31.5 Å². The fraction of sp³-hybridized carbons (Fsp3) is 0.294. The third kappa shape index (κ3) is 3.60. The molecule has 23 heavy (non-hydrogen) atoms. The van der Waals surface area contributed by atoms with E-state index in [2.05, 4.69) is 0 Å². The van der Waals surface area contributed by atoms with E-state index in [1.165, 1.54) is 12.1 Å². The Balaban J connectivity index is 2.29. The molecular formula is C17H21NO5. The van der Waals surface area contributed by atoms with Crippen molar-refractivity contribution in [1.82, 2.24) is 0 Å². The highest BCUT2D eigenvalue weighted by Gasteiger charge is 2.16. The normalized spacial score (nSPS) is 11.8. The summed E-state index contributed by atoms with van der Waals surface area (Å²) in [6.45, 7) is 0. The first-order valence-electron chi connectivity index (χ1n) is 7.06. The van der Waals surface area contributed by atoms with Gasteiger partial charge in [0.25, 0.3) is 0 Å². The summed E-state index contributed by atoms with van der Waals surface area (Å²) in [5.74, 6) is 1.27. The Hall–Kier alpha value is -2.60. The molecule has 2 aromatic rings. The molecule has 6 heteroatoms. The molecule has 124 valence electrons. The molecule has 2 aromatic carbocycles. The molecular weight excluding hydrogens is 298 g/mol. The number of benzene rings is 2. The predicted molar refractivity (Wildman–Crippen MR) is 86.5 cm³/mol. The average molecular weight is 319 g/mol. The third-order valence-corrected chi connectivity index (χ3v) is 3.61. The Bertz CT molecular complexity index is 662. The van der Waals surface area contributed by atoms with Gasteiger partial charge in [-0.05, 0) is 41.8 Å². The maximum Gasteiger partial charge on any atom is 0.203 e. The number of methoxy groups -OCH3 is 3.